The topological polar surface area (TPSA) is 31.4 Å². The van der Waals surface area contributed by atoms with Crippen LogP contribution in [0.25, 0.3) is 22.4 Å². The predicted molar refractivity (Wildman–Crippen MR) is 92.8 cm³/mol. The molecule has 0 aliphatic rings. The van der Waals surface area contributed by atoms with Crippen LogP contribution in [0, 0.1) is 6.92 Å². The van der Waals surface area contributed by atoms with Crippen LogP contribution in [0.3, 0.4) is 0 Å². The van der Waals surface area contributed by atoms with Crippen LogP contribution in [0.15, 0.2) is 36.4 Å². The molecule has 0 bridgehead atoms. The highest BCUT2D eigenvalue weighted by Gasteiger charge is 2.04. The molecule has 0 saturated carbocycles. The molecule has 0 amide bonds. The zero-order valence-electron chi connectivity index (χ0n) is 12.8. The van der Waals surface area contributed by atoms with Gasteiger partial charge in [-0.25, -0.2) is 4.98 Å². The van der Waals surface area contributed by atoms with Crippen LogP contribution in [0.2, 0.25) is 0 Å². The predicted octanol–water partition coefficient (Wildman–Crippen LogP) is 4.79. The second kappa shape index (κ2) is 6.20. The molecule has 0 N–H and O–H groups in total. The van der Waals surface area contributed by atoms with Gasteiger partial charge in [-0.05, 0) is 48.9 Å². The number of aryl methyl sites for hydroxylation is 1. The molecule has 0 aliphatic heterocycles. The number of hydrogen-bond donors (Lipinski definition) is 0. The molecule has 0 fully saturated rings. The van der Waals surface area contributed by atoms with Crippen molar-refractivity contribution in [1.82, 2.24) is 4.98 Å². The summed E-state index contributed by atoms with van der Waals surface area (Å²) in [7, 11) is 3.31. The van der Waals surface area contributed by atoms with Crippen molar-refractivity contribution in [3.8, 4) is 11.5 Å². The quantitative estimate of drug-likeness (QED) is 0.694. The fourth-order valence-corrected chi connectivity index (χ4v) is 3.09. The van der Waals surface area contributed by atoms with E-state index in [9.17, 15) is 0 Å². The van der Waals surface area contributed by atoms with Gasteiger partial charge in [0.2, 0.25) is 0 Å². The Balaban J connectivity index is 1.92. The Bertz CT molecular complexity index is 836. The Morgan fingerprint density at radius 1 is 1.00 bits per heavy atom. The molecule has 112 valence electrons. The summed E-state index contributed by atoms with van der Waals surface area (Å²) in [6.45, 7) is 2.08. The normalized spacial score (nSPS) is 11.2. The van der Waals surface area contributed by atoms with E-state index in [-0.39, 0.29) is 0 Å². The van der Waals surface area contributed by atoms with Gasteiger partial charge >= 0.3 is 0 Å². The number of rotatable bonds is 4. The lowest BCUT2D eigenvalue weighted by Crippen LogP contribution is -1.89. The Hall–Kier alpha value is -2.33. The third kappa shape index (κ3) is 2.97. The van der Waals surface area contributed by atoms with Crippen molar-refractivity contribution in [3.05, 3.63) is 52.5 Å². The third-order valence-corrected chi connectivity index (χ3v) is 4.41. The van der Waals surface area contributed by atoms with Crippen LogP contribution in [0.5, 0.6) is 11.5 Å². The summed E-state index contributed by atoms with van der Waals surface area (Å²) < 4.78 is 11.8. The molecule has 0 saturated heterocycles. The van der Waals surface area contributed by atoms with E-state index < -0.39 is 0 Å². The van der Waals surface area contributed by atoms with Gasteiger partial charge in [0.15, 0.2) is 0 Å². The molecule has 1 heterocycles. The minimum Gasteiger partial charge on any atom is -0.497 e. The molecule has 0 radical (unpaired) electrons. The molecule has 22 heavy (non-hydrogen) atoms. The number of aromatic nitrogens is 1. The molecule has 0 spiro atoms. The van der Waals surface area contributed by atoms with Gasteiger partial charge in [-0.2, -0.15) is 0 Å². The van der Waals surface area contributed by atoms with Gasteiger partial charge in [-0.3, -0.25) is 0 Å². The molecule has 3 nitrogen and oxygen atoms in total. The monoisotopic (exact) mass is 311 g/mol. The Morgan fingerprint density at radius 3 is 2.64 bits per heavy atom. The van der Waals surface area contributed by atoms with Gasteiger partial charge in [0.25, 0.3) is 0 Å². The van der Waals surface area contributed by atoms with Gasteiger partial charge in [0.05, 0.1) is 24.4 Å². The van der Waals surface area contributed by atoms with Gasteiger partial charge in [0, 0.05) is 11.6 Å². The number of ether oxygens (including phenoxy) is 2. The van der Waals surface area contributed by atoms with Crippen molar-refractivity contribution in [3.63, 3.8) is 0 Å². The average molecular weight is 311 g/mol. The molecular formula is C18H17NO2S. The number of hydrogen-bond acceptors (Lipinski definition) is 4. The smallest absolute Gasteiger partial charge is 0.129 e. The maximum Gasteiger partial charge on any atom is 0.129 e. The molecular weight excluding hydrogens is 294 g/mol. The number of nitrogens with zero attached hydrogens (tertiary/aromatic N) is 1. The van der Waals surface area contributed by atoms with Crippen molar-refractivity contribution in [2.75, 3.05) is 14.2 Å². The van der Waals surface area contributed by atoms with E-state index in [4.69, 9.17) is 9.47 Å². The Labute approximate surface area is 133 Å². The van der Waals surface area contributed by atoms with E-state index >= 15 is 0 Å². The van der Waals surface area contributed by atoms with E-state index in [0.717, 1.165) is 27.6 Å². The largest absolute Gasteiger partial charge is 0.497 e. The van der Waals surface area contributed by atoms with Crippen molar-refractivity contribution in [2.24, 2.45) is 0 Å². The highest BCUT2D eigenvalue weighted by atomic mass is 32.1. The van der Waals surface area contributed by atoms with Gasteiger partial charge in [-0.1, -0.05) is 6.07 Å². The lowest BCUT2D eigenvalue weighted by molar-refractivity contribution is 0.394. The van der Waals surface area contributed by atoms with E-state index in [1.165, 1.54) is 10.3 Å². The molecule has 0 aliphatic carbocycles. The minimum atomic E-state index is 0.782. The molecule has 3 aromatic rings. The highest BCUT2D eigenvalue weighted by Crippen LogP contribution is 2.28. The van der Waals surface area contributed by atoms with E-state index in [2.05, 4.69) is 30.1 Å². The first-order chi connectivity index (χ1) is 10.7. The standard InChI is InChI=1S/C18H17NO2S/c1-12-4-8-17-15(10-12)19-18(22-17)9-6-13-5-7-14(20-2)11-16(13)21-3/h4-11H,1-3H3/b9-6+. The van der Waals surface area contributed by atoms with Gasteiger partial charge in [-0.15, -0.1) is 11.3 Å². The first-order valence-electron chi connectivity index (χ1n) is 6.97. The Morgan fingerprint density at radius 2 is 1.86 bits per heavy atom. The maximum absolute atomic E-state index is 5.40. The van der Waals surface area contributed by atoms with E-state index in [0.29, 0.717) is 0 Å². The Kier molecular flexibility index (Phi) is 4.11. The fourth-order valence-electron chi connectivity index (χ4n) is 2.24. The van der Waals surface area contributed by atoms with Crippen LogP contribution >= 0.6 is 11.3 Å². The molecule has 3 rings (SSSR count). The van der Waals surface area contributed by atoms with Crippen molar-refractivity contribution >= 4 is 33.7 Å². The summed E-state index contributed by atoms with van der Waals surface area (Å²) >= 11 is 1.68. The fraction of sp³-hybridized carbons (Fsp3) is 0.167. The first-order valence-corrected chi connectivity index (χ1v) is 7.78. The SMILES string of the molecule is COc1ccc(/C=C/c2nc3cc(C)ccc3s2)c(OC)c1. The highest BCUT2D eigenvalue weighted by molar-refractivity contribution is 7.19. The van der Waals surface area contributed by atoms with Gasteiger partial charge in [0.1, 0.15) is 16.5 Å². The second-order valence-corrected chi connectivity index (χ2v) is 6.03. The zero-order valence-corrected chi connectivity index (χ0v) is 13.6. The first kappa shape index (κ1) is 14.6. The number of thiazole rings is 1. The van der Waals surface area contributed by atoms with Crippen molar-refractivity contribution in [1.29, 1.82) is 0 Å². The van der Waals surface area contributed by atoms with Crippen LogP contribution < -0.4 is 9.47 Å². The second-order valence-electron chi connectivity index (χ2n) is 4.96. The summed E-state index contributed by atoms with van der Waals surface area (Å²) in [6.07, 6.45) is 4.03. The molecule has 1 aromatic heterocycles. The van der Waals surface area contributed by atoms with Crippen LogP contribution in [-0.2, 0) is 0 Å². The van der Waals surface area contributed by atoms with Crippen molar-refractivity contribution in [2.45, 2.75) is 6.92 Å². The van der Waals surface area contributed by atoms with Crippen LogP contribution in [0.1, 0.15) is 16.1 Å². The molecule has 4 heteroatoms. The summed E-state index contributed by atoms with van der Waals surface area (Å²) in [6, 6.07) is 12.1. The third-order valence-electron chi connectivity index (χ3n) is 3.41. The molecule has 0 unspecified atom stereocenters. The summed E-state index contributed by atoms with van der Waals surface area (Å²) in [4.78, 5) is 4.64. The van der Waals surface area contributed by atoms with Crippen molar-refractivity contribution < 1.29 is 9.47 Å². The van der Waals surface area contributed by atoms with Crippen LogP contribution in [0.4, 0.5) is 0 Å². The van der Waals surface area contributed by atoms with E-state index in [1.54, 1.807) is 25.6 Å². The van der Waals surface area contributed by atoms with Gasteiger partial charge < -0.3 is 9.47 Å². The summed E-state index contributed by atoms with van der Waals surface area (Å²) in [5.74, 6) is 1.57. The summed E-state index contributed by atoms with van der Waals surface area (Å²) in [5, 5.41) is 0.985. The average Bonchev–Trinajstić information content (AvgIpc) is 2.94. The van der Waals surface area contributed by atoms with Crippen LogP contribution in [-0.4, -0.2) is 19.2 Å². The lowest BCUT2D eigenvalue weighted by atomic mass is 10.2. The maximum atomic E-state index is 5.40. The number of methoxy groups -OCH3 is 2. The molecule has 0 atom stereocenters. The summed E-state index contributed by atoms with van der Waals surface area (Å²) in [5.41, 5.74) is 3.27. The lowest BCUT2D eigenvalue weighted by Gasteiger charge is -2.06. The number of benzene rings is 2. The molecule has 2 aromatic carbocycles. The minimum absolute atomic E-state index is 0.782. The van der Waals surface area contributed by atoms with E-state index in [1.807, 2.05) is 30.4 Å². The zero-order chi connectivity index (χ0) is 15.5. The number of fused-ring (bicyclic) bond motifs is 1.